The molecule has 0 saturated carbocycles. The maximum atomic E-state index is 9.25. The Kier molecular flexibility index (Phi) is 21.1. The molecule has 0 atom stereocenters. The van der Waals surface area contributed by atoms with Crippen LogP contribution in [0.25, 0.3) is 0 Å². The molecular formula is C17H34O2. The number of rotatable bonds is 12. The zero-order chi connectivity index (χ0) is 14.8. The normalized spacial score (nSPS) is 9.58. The Labute approximate surface area is 120 Å². The van der Waals surface area contributed by atoms with Crippen molar-refractivity contribution in [1.82, 2.24) is 0 Å². The van der Waals surface area contributed by atoms with Crippen LogP contribution in [0.4, 0.5) is 0 Å². The van der Waals surface area contributed by atoms with Gasteiger partial charge in [-0.3, -0.25) is 0 Å². The molecule has 0 aliphatic carbocycles. The molecule has 0 radical (unpaired) electrons. The van der Waals surface area contributed by atoms with Gasteiger partial charge in [-0.25, -0.2) is 4.79 Å². The summed E-state index contributed by atoms with van der Waals surface area (Å²) >= 11 is 0. The molecule has 0 aromatic heterocycles. The van der Waals surface area contributed by atoms with Gasteiger partial charge < -0.3 is 5.11 Å². The number of aliphatic carboxylic acids is 1. The van der Waals surface area contributed by atoms with Crippen LogP contribution in [0.3, 0.4) is 0 Å². The second-order valence-electron chi connectivity index (χ2n) is 5.08. The van der Waals surface area contributed by atoms with Crippen molar-refractivity contribution in [1.29, 1.82) is 0 Å². The zero-order valence-electron chi connectivity index (χ0n) is 13.1. The third-order valence-corrected chi connectivity index (χ3v) is 3.13. The van der Waals surface area contributed by atoms with Crippen molar-refractivity contribution in [2.45, 2.75) is 90.9 Å². The lowest BCUT2D eigenvalue weighted by molar-refractivity contribution is -0.131. The van der Waals surface area contributed by atoms with Gasteiger partial charge in [-0.15, -0.1) is 0 Å². The average Bonchev–Trinajstić information content (AvgIpc) is 2.41. The maximum Gasteiger partial charge on any atom is 0.327 e. The lowest BCUT2D eigenvalue weighted by Crippen LogP contribution is -1.82. The Morgan fingerprint density at radius 3 is 1.16 bits per heavy atom. The van der Waals surface area contributed by atoms with Gasteiger partial charge in [-0.2, -0.15) is 0 Å². The standard InChI is InChI=1S/C14H30.C3H4O2/c1-3-5-7-9-11-13-14-12-10-8-6-4-2;1-2-3(4)5/h3-14H2,1-2H3;2H,1H2,(H,4,5). The molecule has 0 heterocycles. The Morgan fingerprint density at radius 1 is 0.789 bits per heavy atom. The van der Waals surface area contributed by atoms with Gasteiger partial charge in [-0.1, -0.05) is 97.5 Å². The molecule has 2 heteroatoms. The van der Waals surface area contributed by atoms with E-state index in [1.165, 1.54) is 77.0 Å². The summed E-state index contributed by atoms with van der Waals surface area (Å²) in [5.74, 6) is -0.981. The van der Waals surface area contributed by atoms with Crippen LogP contribution >= 0.6 is 0 Å². The maximum absolute atomic E-state index is 9.25. The average molecular weight is 270 g/mol. The first-order chi connectivity index (χ1) is 9.18. The number of unbranched alkanes of at least 4 members (excludes halogenated alkanes) is 11. The number of carbonyl (C=O) groups is 1. The Balaban J connectivity index is 0. The first-order valence-electron chi connectivity index (χ1n) is 8.04. The van der Waals surface area contributed by atoms with Gasteiger partial charge in [0.2, 0.25) is 0 Å². The number of carboxylic acid groups (broad SMARTS) is 1. The Hall–Kier alpha value is -0.790. The van der Waals surface area contributed by atoms with Crippen LogP contribution in [0.2, 0.25) is 0 Å². The fourth-order valence-electron chi connectivity index (χ4n) is 1.91. The minimum absolute atomic E-state index is 0.833. The highest BCUT2D eigenvalue weighted by Crippen LogP contribution is 2.11. The molecule has 114 valence electrons. The third-order valence-electron chi connectivity index (χ3n) is 3.13. The minimum Gasteiger partial charge on any atom is -0.478 e. The predicted octanol–water partition coefficient (Wildman–Crippen LogP) is 5.96. The summed E-state index contributed by atoms with van der Waals surface area (Å²) in [7, 11) is 0. The van der Waals surface area contributed by atoms with Crippen LogP contribution < -0.4 is 0 Å². The van der Waals surface area contributed by atoms with Crippen LogP contribution in [0.15, 0.2) is 12.7 Å². The fourth-order valence-corrected chi connectivity index (χ4v) is 1.91. The highest BCUT2D eigenvalue weighted by molar-refractivity contribution is 5.78. The molecule has 0 aromatic rings. The van der Waals surface area contributed by atoms with Crippen LogP contribution in [0, 0.1) is 0 Å². The number of hydrogen-bond donors (Lipinski definition) is 1. The molecule has 0 bridgehead atoms. The van der Waals surface area contributed by atoms with Crippen molar-refractivity contribution in [2.24, 2.45) is 0 Å². The van der Waals surface area contributed by atoms with Gasteiger partial charge in [0.1, 0.15) is 0 Å². The van der Waals surface area contributed by atoms with E-state index in [0.29, 0.717) is 0 Å². The van der Waals surface area contributed by atoms with Crippen molar-refractivity contribution in [3.8, 4) is 0 Å². The fraction of sp³-hybridized carbons (Fsp3) is 0.824. The molecule has 0 unspecified atom stereocenters. The van der Waals surface area contributed by atoms with Crippen molar-refractivity contribution in [3.05, 3.63) is 12.7 Å². The topological polar surface area (TPSA) is 37.3 Å². The van der Waals surface area contributed by atoms with Gasteiger partial charge in [0, 0.05) is 6.08 Å². The van der Waals surface area contributed by atoms with Crippen LogP contribution in [-0.4, -0.2) is 11.1 Å². The Bertz CT molecular complexity index is 176. The summed E-state index contributed by atoms with van der Waals surface area (Å²) in [6.07, 6.45) is 18.3. The molecule has 0 amide bonds. The van der Waals surface area contributed by atoms with Gasteiger partial charge in [0.15, 0.2) is 0 Å². The van der Waals surface area contributed by atoms with Crippen molar-refractivity contribution in [2.75, 3.05) is 0 Å². The van der Waals surface area contributed by atoms with Gasteiger partial charge in [0.05, 0.1) is 0 Å². The van der Waals surface area contributed by atoms with Gasteiger partial charge in [0.25, 0.3) is 0 Å². The molecule has 0 aromatic carbocycles. The lowest BCUT2D eigenvalue weighted by Gasteiger charge is -2.01. The summed E-state index contributed by atoms with van der Waals surface area (Å²) in [6, 6.07) is 0. The monoisotopic (exact) mass is 270 g/mol. The van der Waals surface area contributed by atoms with Crippen LogP contribution in [0.5, 0.6) is 0 Å². The van der Waals surface area contributed by atoms with Gasteiger partial charge >= 0.3 is 5.97 Å². The second-order valence-corrected chi connectivity index (χ2v) is 5.08. The van der Waals surface area contributed by atoms with E-state index in [-0.39, 0.29) is 0 Å². The predicted molar refractivity (Wildman–Crippen MR) is 84.6 cm³/mol. The van der Waals surface area contributed by atoms with E-state index < -0.39 is 5.97 Å². The van der Waals surface area contributed by atoms with E-state index >= 15 is 0 Å². The van der Waals surface area contributed by atoms with E-state index in [2.05, 4.69) is 20.4 Å². The summed E-state index contributed by atoms with van der Waals surface area (Å²) in [4.78, 5) is 9.25. The van der Waals surface area contributed by atoms with Crippen LogP contribution in [0.1, 0.15) is 90.9 Å². The third kappa shape index (κ3) is 26.7. The summed E-state index contributed by atoms with van der Waals surface area (Å²) in [6.45, 7) is 7.53. The molecule has 2 nitrogen and oxygen atoms in total. The number of carboxylic acids is 1. The van der Waals surface area contributed by atoms with Crippen LogP contribution in [-0.2, 0) is 4.79 Å². The smallest absolute Gasteiger partial charge is 0.327 e. The van der Waals surface area contributed by atoms with Crippen molar-refractivity contribution in [3.63, 3.8) is 0 Å². The largest absolute Gasteiger partial charge is 0.478 e. The number of hydrogen-bond acceptors (Lipinski definition) is 1. The zero-order valence-corrected chi connectivity index (χ0v) is 13.1. The summed E-state index contributed by atoms with van der Waals surface area (Å²) in [5.41, 5.74) is 0. The first-order valence-corrected chi connectivity index (χ1v) is 8.04. The van der Waals surface area contributed by atoms with Crippen molar-refractivity contribution < 1.29 is 9.90 Å². The highest BCUT2D eigenvalue weighted by atomic mass is 16.4. The van der Waals surface area contributed by atoms with Gasteiger partial charge in [-0.05, 0) is 0 Å². The molecule has 1 N–H and O–H groups in total. The molecular weight excluding hydrogens is 236 g/mol. The Morgan fingerprint density at radius 2 is 1.00 bits per heavy atom. The lowest BCUT2D eigenvalue weighted by atomic mass is 10.1. The summed E-state index contributed by atoms with van der Waals surface area (Å²) in [5, 5.41) is 7.60. The van der Waals surface area contributed by atoms with E-state index in [1.54, 1.807) is 0 Å². The molecule has 0 spiro atoms. The molecule has 0 saturated heterocycles. The quantitative estimate of drug-likeness (QED) is 0.350. The highest BCUT2D eigenvalue weighted by Gasteiger charge is 1.91. The van der Waals surface area contributed by atoms with E-state index in [4.69, 9.17) is 5.11 Å². The summed E-state index contributed by atoms with van der Waals surface area (Å²) < 4.78 is 0. The van der Waals surface area contributed by atoms with E-state index in [1.807, 2.05) is 0 Å². The molecule has 0 aliphatic rings. The molecule has 0 fully saturated rings. The van der Waals surface area contributed by atoms with Crippen molar-refractivity contribution >= 4 is 5.97 Å². The van der Waals surface area contributed by atoms with E-state index in [9.17, 15) is 4.79 Å². The first kappa shape index (κ1) is 20.5. The van der Waals surface area contributed by atoms with E-state index in [0.717, 1.165) is 6.08 Å². The molecule has 0 rings (SSSR count). The molecule has 0 aliphatic heterocycles. The molecule has 19 heavy (non-hydrogen) atoms. The minimum atomic E-state index is -0.981. The SMILES string of the molecule is C=CC(=O)O.CCCCCCCCCCCCCC. The second kappa shape index (κ2) is 19.5.